The molecular formula is C14H17ClN2O2S2. The highest BCUT2D eigenvalue weighted by Crippen LogP contribution is 2.24. The fourth-order valence-corrected chi connectivity index (χ4v) is 4.31. The quantitative estimate of drug-likeness (QED) is 0.847. The second-order valence-electron chi connectivity index (χ2n) is 4.67. The van der Waals surface area contributed by atoms with Gasteiger partial charge in [-0.25, -0.2) is 13.1 Å². The SMILES string of the molecule is CNCc1cc(Cl)cc(S(=O)(=O)NCc2ccsc2)c1C. The summed E-state index contributed by atoms with van der Waals surface area (Å²) in [5.41, 5.74) is 2.53. The van der Waals surface area contributed by atoms with Crippen molar-refractivity contribution in [2.24, 2.45) is 0 Å². The molecule has 0 saturated heterocycles. The Morgan fingerprint density at radius 1 is 1.29 bits per heavy atom. The fourth-order valence-electron chi connectivity index (χ4n) is 2.01. The zero-order chi connectivity index (χ0) is 15.5. The van der Waals surface area contributed by atoms with Crippen molar-refractivity contribution < 1.29 is 8.42 Å². The summed E-state index contributed by atoms with van der Waals surface area (Å²) in [5, 5.41) is 7.26. The van der Waals surface area contributed by atoms with Crippen molar-refractivity contribution in [3.8, 4) is 0 Å². The number of hydrogen-bond donors (Lipinski definition) is 2. The third kappa shape index (κ3) is 4.05. The van der Waals surface area contributed by atoms with Crippen LogP contribution in [-0.2, 0) is 23.1 Å². The molecule has 114 valence electrons. The maximum atomic E-state index is 12.5. The average Bonchev–Trinajstić information content (AvgIpc) is 2.94. The Labute approximate surface area is 134 Å². The van der Waals surface area contributed by atoms with Crippen LogP contribution < -0.4 is 10.0 Å². The van der Waals surface area contributed by atoms with Crippen molar-refractivity contribution in [1.29, 1.82) is 0 Å². The molecule has 0 spiro atoms. The van der Waals surface area contributed by atoms with Crippen molar-refractivity contribution in [2.45, 2.75) is 24.9 Å². The van der Waals surface area contributed by atoms with E-state index in [1.54, 1.807) is 13.0 Å². The maximum absolute atomic E-state index is 12.5. The fraction of sp³-hybridized carbons (Fsp3) is 0.286. The molecule has 0 fully saturated rings. The Hall–Kier alpha value is -0.920. The zero-order valence-electron chi connectivity index (χ0n) is 11.8. The number of benzene rings is 1. The number of rotatable bonds is 6. The molecule has 4 nitrogen and oxygen atoms in total. The van der Waals surface area contributed by atoms with Crippen LogP contribution in [0.1, 0.15) is 16.7 Å². The van der Waals surface area contributed by atoms with Crippen molar-refractivity contribution in [2.75, 3.05) is 7.05 Å². The van der Waals surface area contributed by atoms with Gasteiger partial charge in [-0.3, -0.25) is 0 Å². The molecule has 2 rings (SSSR count). The first-order chi connectivity index (χ1) is 9.94. The largest absolute Gasteiger partial charge is 0.316 e. The smallest absolute Gasteiger partial charge is 0.241 e. The lowest BCUT2D eigenvalue weighted by atomic mass is 10.1. The first-order valence-electron chi connectivity index (χ1n) is 6.38. The standard InChI is InChI=1S/C14H17ClN2O2S2/c1-10-12(8-16-2)5-13(15)6-14(10)21(18,19)17-7-11-3-4-20-9-11/h3-6,9,16-17H,7-8H2,1-2H3. The monoisotopic (exact) mass is 344 g/mol. The molecular weight excluding hydrogens is 328 g/mol. The van der Waals surface area contributed by atoms with Crippen LogP contribution in [0.25, 0.3) is 0 Å². The van der Waals surface area contributed by atoms with Gasteiger partial charge in [0.1, 0.15) is 0 Å². The molecule has 21 heavy (non-hydrogen) atoms. The van der Waals surface area contributed by atoms with Gasteiger partial charge in [0.15, 0.2) is 0 Å². The summed E-state index contributed by atoms with van der Waals surface area (Å²) in [7, 11) is -1.78. The van der Waals surface area contributed by atoms with Gasteiger partial charge in [-0.1, -0.05) is 11.6 Å². The summed E-state index contributed by atoms with van der Waals surface area (Å²) < 4.78 is 27.6. The molecule has 0 bridgehead atoms. The summed E-state index contributed by atoms with van der Waals surface area (Å²) in [6, 6.07) is 5.17. The second-order valence-corrected chi connectivity index (χ2v) is 7.63. The number of sulfonamides is 1. The average molecular weight is 345 g/mol. The minimum atomic E-state index is -3.59. The van der Waals surface area contributed by atoms with Gasteiger partial charge in [-0.05, 0) is 59.6 Å². The summed E-state index contributed by atoms with van der Waals surface area (Å²) in [4.78, 5) is 0.232. The van der Waals surface area contributed by atoms with Crippen molar-refractivity contribution in [3.63, 3.8) is 0 Å². The number of nitrogens with one attached hydrogen (secondary N) is 2. The molecule has 1 aromatic carbocycles. The van der Waals surface area contributed by atoms with Crippen molar-refractivity contribution in [3.05, 3.63) is 50.7 Å². The molecule has 1 aromatic heterocycles. The number of thiophene rings is 1. The van der Waals surface area contributed by atoms with E-state index in [4.69, 9.17) is 11.6 Å². The van der Waals surface area contributed by atoms with E-state index in [1.165, 1.54) is 17.4 Å². The third-order valence-corrected chi connectivity index (χ3v) is 5.61. The van der Waals surface area contributed by atoms with E-state index in [-0.39, 0.29) is 11.4 Å². The Morgan fingerprint density at radius 3 is 2.67 bits per heavy atom. The van der Waals surface area contributed by atoms with Crippen molar-refractivity contribution >= 4 is 33.0 Å². The van der Waals surface area contributed by atoms with Gasteiger partial charge >= 0.3 is 0 Å². The van der Waals surface area contributed by atoms with Crippen LogP contribution in [0.2, 0.25) is 5.02 Å². The van der Waals surface area contributed by atoms with E-state index < -0.39 is 10.0 Å². The van der Waals surface area contributed by atoms with Crippen LogP contribution in [0.4, 0.5) is 0 Å². The van der Waals surface area contributed by atoms with Crippen LogP contribution in [0.5, 0.6) is 0 Å². The summed E-state index contributed by atoms with van der Waals surface area (Å²) in [6.45, 7) is 2.64. The first-order valence-corrected chi connectivity index (χ1v) is 9.19. The molecule has 0 aliphatic carbocycles. The molecule has 0 atom stereocenters. The van der Waals surface area contributed by atoms with Gasteiger partial charge in [0, 0.05) is 18.1 Å². The minimum absolute atomic E-state index is 0.232. The van der Waals surface area contributed by atoms with Gasteiger partial charge < -0.3 is 5.32 Å². The lowest BCUT2D eigenvalue weighted by Crippen LogP contribution is -2.24. The Morgan fingerprint density at radius 2 is 2.05 bits per heavy atom. The van der Waals surface area contributed by atoms with Crippen LogP contribution in [0, 0.1) is 6.92 Å². The number of halogens is 1. The van der Waals surface area contributed by atoms with Gasteiger partial charge in [0.25, 0.3) is 0 Å². The molecule has 2 aromatic rings. The van der Waals surface area contributed by atoms with Gasteiger partial charge in [0.05, 0.1) is 4.90 Å². The molecule has 2 N–H and O–H groups in total. The van der Waals surface area contributed by atoms with Crippen LogP contribution >= 0.6 is 22.9 Å². The highest BCUT2D eigenvalue weighted by molar-refractivity contribution is 7.89. The number of hydrogen-bond acceptors (Lipinski definition) is 4. The Kier molecular flexibility index (Phi) is 5.40. The molecule has 0 amide bonds. The molecule has 0 unspecified atom stereocenters. The molecule has 0 aliphatic heterocycles. The van der Waals surface area contributed by atoms with E-state index in [2.05, 4.69) is 10.0 Å². The van der Waals surface area contributed by atoms with Crippen LogP contribution in [-0.4, -0.2) is 15.5 Å². The zero-order valence-corrected chi connectivity index (χ0v) is 14.2. The van der Waals surface area contributed by atoms with E-state index in [0.29, 0.717) is 17.1 Å². The molecule has 7 heteroatoms. The topological polar surface area (TPSA) is 58.2 Å². The predicted molar refractivity (Wildman–Crippen MR) is 87.3 cm³/mol. The van der Waals surface area contributed by atoms with E-state index in [0.717, 1.165) is 11.1 Å². The Bertz CT molecular complexity index is 713. The van der Waals surface area contributed by atoms with E-state index in [1.807, 2.05) is 23.9 Å². The summed E-state index contributed by atoms with van der Waals surface area (Å²) in [6.07, 6.45) is 0. The maximum Gasteiger partial charge on any atom is 0.241 e. The lowest BCUT2D eigenvalue weighted by molar-refractivity contribution is 0.580. The van der Waals surface area contributed by atoms with Crippen molar-refractivity contribution in [1.82, 2.24) is 10.0 Å². The lowest BCUT2D eigenvalue weighted by Gasteiger charge is -2.13. The predicted octanol–water partition coefficient (Wildman–Crippen LogP) is 2.91. The first kappa shape index (κ1) is 16.5. The molecule has 1 heterocycles. The summed E-state index contributed by atoms with van der Waals surface area (Å²) >= 11 is 7.58. The van der Waals surface area contributed by atoms with E-state index in [9.17, 15) is 8.42 Å². The van der Waals surface area contributed by atoms with Crippen LogP contribution in [0.3, 0.4) is 0 Å². The van der Waals surface area contributed by atoms with Gasteiger partial charge in [-0.15, -0.1) is 0 Å². The second kappa shape index (κ2) is 6.89. The normalized spacial score (nSPS) is 11.8. The highest BCUT2D eigenvalue weighted by atomic mass is 35.5. The Balaban J connectivity index is 2.30. The van der Waals surface area contributed by atoms with Crippen LogP contribution in [0.15, 0.2) is 33.9 Å². The van der Waals surface area contributed by atoms with Gasteiger partial charge in [-0.2, -0.15) is 11.3 Å². The van der Waals surface area contributed by atoms with Gasteiger partial charge in [0.2, 0.25) is 10.0 Å². The highest BCUT2D eigenvalue weighted by Gasteiger charge is 2.19. The summed E-state index contributed by atoms with van der Waals surface area (Å²) in [5.74, 6) is 0. The van der Waals surface area contributed by atoms with E-state index >= 15 is 0 Å². The minimum Gasteiger partial charge on any atom is -0.316 e. The molecule has 0 saturated carbocycles. The third-order valence-electron chi connectivity index (χ3n) is 3.14. The molecule has 0 radical (unpaired) electrons. The molecule has 0 aliphatic rings.